The van der Waals surface area contributed by atoms with Crippen LogP contribution in [0, 0.1) is 5.41 Å². The Labute approximate surface area is 191 Å². The van der Waals surface area contributed by atoms with Gasteiger partial charge in [-0.3, -0.25) is 9.59 Å². The van der Waals surface area contributed by atoms with Crippen molar-refractivity contribution in [1.82, 2.24) is 0 Å². The predicted molar refractivity (Wildman–Crippen MR) is 124 cm³/mol. The molecule has 32 heavy (non-hydrogen) atoms. The molecule has 172 valence electrons. The van der Waals surface area contributed by atoms with Crippen LogP contribution in [-0.4, -0.2) is 44.5 Å². The average Bonchev–Trinajstić information content (AvgIpc) is 3.23. The van der Waals surface area contributed by atoms with E-state index in [1.807, 2.05) is 78.0 Å². The minimum Gasteiger partial charge on any atom is -0.468 e. The van der Waals surface area contributed by atoms with Crippen molar-refractivity contribution in [2.45, 2.75) is 64.5 Å². The first-order valence-corrected chi connectivity index (χ1v) is 10.8. The van der Waals surface area contributed by atoms with Gasteiger partial charge in [0.2, 0.25) is 0 Å². The fraction of sp³-hybridized carbons (Fsp3) is 0.520. The number of hydrogen-bond donors (Lipinski definition) is 0. The van der Waals surface area contributed by atoms with Gasteiger partial charge in [-0.05, 0) is 44.4 Å². The van der Waals surface area contributed by atoms with Crippen LogP contribution in [0.2, 0.25) is 5.31 Å². The molecular weight excluding hydrogens is 407 g/mol. The third-order valence-corrected chi connectivity index (χ3v) is 6.98. The van der Waals surface area contributed by atoms with E-state index in [1.54, 1.807) is 6.08 Å². The fourth-order valence-electron chi connectivity index (χ4n) is 4.24. The first kappa shape index (κ1) is 24.3. The molecule has 1 aliphatic carbocycles. The predicted octanol–water partition coefficient (Wildman–Crippen LogP) is 4.60. The molecule has 1 aromatic carbocycles. The van der Waals surface area contributed by atoms with E-state index in [0.717, 1.165) is 16.7 Å². The number of rotatable bonds is 5. The van der Waals surface area contributed by atoms with Gasteiger partial charge in [-0.1, -0.05) is 56.3 Å². The third kappa shape index (κ3) is 3.93. The van der Waals surface area contributed by atoms with Crippen molar-refractivity contribution in [3.05, 3.63) is 53.1 Å². The van der Waals surface area contributed by atoms with Gasteiger partial charge in [-0.2, -0.15) is 0 Å². The smallest absolute Gasteiger partial charge is 0.468 e. The number of hydrogen-bond acceptors (Lipinski definition) is 6. The molecule has 3 rings (SSSR count). The summed E-state index contributed by atoms with van der Waals surface area (Å²) in [7, 11) is 1.97. The minimum atomic E-state index is -1.56. The van der Waals surface area contributed by atoms with E-state index < -0.39 is 41.0 Å². The minimum absolute atomic E-state index is 0.138. The monoisotopic (exact) mass is 440 g/mol. The molecule has 0 radical (unpaired) electrons. The highest BCUT2D eigenvalue weighted by Gasteiger charge is 2.60. The van der Waals surface area contributed by atoms with Crippen LogP contribution in [0.4, 0.5) is 0 Å². The van der Waals surface area contributed by atoms with Gasteiger partial charge >= 0.3 is 19.1 Å². The summed E-state index contributed by atoms with van der Waals surface area (Å²) >= 11 is 0. The highest BCUT2D eigenvalue weighted by Crippen LogP contribution is 2.56. The lowest BCUT2D eigenvalue weighted by molar-refractivity contribution is -0.164. The number of benzene rings is 1. The lowest BCUT2D eigenvalue weighted by atomic mass is 9.55. The maximum absolute atomic E-state index is 12.9. The van der Waals surface area contributed by atoms with E-state index in [-0.39, 0.29) is 6.42 Å². The van der Waals surface area contributed by atoms with Crippen molar-refractivity contribution in [2.75, 3.05) is 14.2 Å². The molecule has 0 aromatic heterocycles. The second kappa shape index (κ2) is 8.20. The van der Waals surface area contributed by atoms with E-state index in [2.05, 4.69) is 0 Å². The molecule has 1 aliphatic heterocycles. The molecule has 0 saturated carbocycles. The molecule has 7 heteroatoms. The van der Waals surface area contributed by atoms with Gasteiger partial charge in [0.05, 0.1) is 25.4 Å². The second-order valence-corrected chi connectivity index (χ2v) is 10.1. The van der Waals surface area contributed by atoms with Crippen LogP contribution in [0.1, 0.15) is 53.5 Å². The summed E-state index contributed by atoms with van der Waals surface area (Å²) in [5.41, 5.74) is 0.0182. The van der Waals surface area contributed by atoms with E-state index in [0.29, 0.717) is 0 Å². The number of allylic oxidation sites excluding steroid dienone is 2. The maximum Gasteiger partial charge on any atom is 0.468 e. The summed E-state index contributed by atoms with van der Waals surface area (Å²) in [5, 5.41) is -0.671. The Hall–Kier alpha value is -2.38. The Bertz CT molecular complexity index is 926. The van der Waals surface area contributed by atoms with Gasteiger partial charge in [0.15, 0.2) is 5.41 Å². The largest absolute Gasteiger partial charge is 0.468 e. The highest BCUT2D eigenvalue weighted by atomic mass is 16.7. The standard InChI is InChI=1S/C25H33BO6/c1-22(2,26-31-23(3,4)24(5,6)32-26)19-16-25(20(27)29-7,21(28)30-8)15-18(19)14-17-12-10-9-11-13-17/h9-14,16H,15H2,1-8H3/b18-14+. The summed E-state index contributed by atoms with van der Waals surface area (Å²) in [4.78, 5) is 25.8. The van der Waals surface area contributed by atoms with Gasteiger partial charge in [0.25, 0.3) is 0 Å². The topological polar surface area (TPSA) is 71.1 Å². The van der Waals surface area contributed by atoms with Crippen molar-refractivity contribution < 1.29 is 28.4 Å². The number of methoxy groups -OCH3 is 2. The average molecular weight is 440 g/mol. The van der Waals surface area contributed by atoms with Gasteiger partial charge in [0, 0.05) is 11.7 Å². The SMILES string of the molecule is COC(=O)C1(C(=O)OC)C=C(C(C)(C)B2OC(C)(C)C(C)(C)O2)/C(=C/c2ccccc2)C1. The second-order valence-electron chi connectivity index (χ2n) is 10.1. The molecule has 6 nitrogen and oxygen atoms in total. The van der Waals surface area contributed by atoms with E-state index in [4.69, 9.17) is 18.8 Å². The Morgan fingerprint density at radius 1 is 0.969 bits per heavy atom. The Balaban J connectivity index is 2.16. The molecule has 1 fully saturated rings. The zero-order valence-corrected chi connectivity index (χ0v) is 20.3. The van der Waals surface area contributed by atoms with Crippen LogP contribution < -0.4 is 0 Å². The normalized spacial score (nSPS) is 22.6. The number of carbonyl (C=O) groups excluding carboxylic acids is 2. The van der Waals surface area contributed by atoms with E-state index >= 15 is 0 Å². The quantitative estimate of drug-likeness (QED) is 0.379. The van der Waals surface area contributed by atoms with E-state index in [9.17, 15) is 9.59 Å². The van der Waals surface area contributed by atoms with Gasteiger partial charge < -0.3 is 18.8 Å². The molecule has 0 amide bonds. The van der Waals surface area contributed by atoms with Crippen LogP contribution in [0.3, 0.4) is 0 Å². The summed E-state index contributed by atoms with van der Waals surface area (Å²) in [5.74, 6) is -1.30. The van der Waals surface area contributed by atoms with Crippen LogP contribution in [0.25, 0.3) is 6.08 Å². The molecule has 0 atom stereocenters. The molecule has 1 heterocycles. The number of ether oxygens (including phenoxy) is 2. The molecular formula is C25H33BO6. The molecule has 0 unspecified atom stereocenters. The van der Waals surface area contributed by atoms with E-state index in [1.165, 1.54) is 14.2 Å². The fourth-order valence-corrected chi connectivity index (χ4v) is 4.24. The Kier molecular flexibility index (Phi) is 6.22. The first-order valence-electron chi connectivity index (χ1n) is 10.8. The highest BCUT2D eigenvalue weighted by molar-refractivity contribution is 6.51. The Morgan fingerprint density at radius 3 is 1.94 bits per heavy atom. The van der Waals surface area contributed by atoms with Crippen LogP contribution >= 0.6 is 0 Å². The molecule has 1 aromatic rings. The van der Waals surface area contributed by atoms with Gasteiger partial charge in [0.1, 0.15) is 0 Å². The molecule has 0 spiro atoms. The number of carbonyl (C=O) groups is 2. The molecule has 0 N–H and O–H groups in total. The van der Waals surface area contributed by atoms with Crippen molar-refractivity contribution in [3.63, 3.8) is 0 Å². The van der Waals surface area contributed by atoms with Crippen molar-refractivity contribution in [2.24, 2.45) is 5.41 Å². The summed E-state index contributed by atoms with van der Waals surface area (Å²) in [6.45, 7) is 12.0. The summed E-state index contributed by atoms with van der Waals surface area (Å²) in [6.07, 6.45) is 3.82. The summed E-state index contributed by atoms with van der Waals surface area (Å²) in [6, 6.07) is 9.77. The number of esters is 2. The molecule has 2 aliphatic rings. The summed E-state index contributed by atoms with van der Waals surface area (Å²) < 4.78 is 22.8. The lowest BCUT2D eigenvalue weighted by Crippen LogP contribution is -2.41. The van der Waals surface area contributed by atoms with Crippen molar-refractivity contribution >= 4 is 25.1 Å². The van der Waals surface area contributed by atoms with Crippen LogP contribution in [0.5, 0.6) is 0 Å². The van der Waals surface area contributed by atoms with Gasteiger partial charge in [-0.25, -0.2) is 0 Å². The van der Waals surface area contributed by atoms with Crippen molar-refractivity contribution in [1.29, 1.82) is 0 Å². The third-order valence-electron chi connectivity index (χ3n) is 6.98. The van der Waals surface area contributed by atoms with Crippen LogP contribution in [-0.2, 0) is 28.4 Å². The zero-order valence-electron chi connectivity index (χ0n) is 20.3. The molecule has 1 saturated heterocycles. The lowest BCUT2D eigenvalue weighted by Gasteiger charge is -2.32. The molecule has 0 bridgehead atoms. The van der Waals surface area contributed by atoms with Crippen molar-refractivity contribution in [3.8, 4) is 0 Å². The zero-order chi connectivity index (χ0) is 23.9. The van der Waals surface area contributed by atoms with Gasteiger partial charge in [-0.15, -0.1) is 0 Å². The first-order chi connectivity index (χ1) is 14.8. The van der Waals surface area contributed by atoms with Crippen LogP contribution in [0.15, 0.2) is 47.6 Å². The Morgan fingerprint density at radius 2 is 1.47 bits per heavy atom. The maximum atomic E-state index is 12.9.